The zero-order valence-corrected chi connectivity index (χ0v) is 29.0. The van der Waals surface area contributed by atoms with Gasteiger partial charge in [0.25, 0.3) is 0 Å². The molecule has 5 atom stereocenters. The molecule has 1 heterocycles. The summed E-state index contributed by atoms with van der Waals surface area (Å²) in [5.41, 5.74) is 4.69. The van der Waals surface area contributed by atoms with Gasteiger partial charge in [0.05, 0.1) is 19.8 Å². The SMILES string of the molecule is Cc1ccc(S[C@@H]2O[C@H](CNC(=O)OCc3ccccc3)[C@@H](OCc3ccccc3)[C@H](OCc3ccccc3)[C@H]2OCc2ccccc2)cc1. The van der Waals surface area contributed by atoms with Crippen LogP contribution in [0.1, 0.15) is 27.8 Å². The van der Waals surface area contributed by atoms with Crippen molar-refractivity contribution in [3.8, 4) is 0 Å². The molecule has 0 unspecified atom stereocenters. The molecule has 1 aliphatic rings. The highest BCUT2D eigenvalue weighted by molar-refractivity contribution is 7.99. The molecule has 0 bridgehead atoms. The van der Waals surface area contributed by atoms with Crippen molar-refractivity contribution in [1.82, 2.24) is 5.32 Å². The summed E-state index contributed by atoms with van der Waals surface area (Å²) in [7, 11) is 0. The summed E-state index contributed by atoms with van der Waals surface area (Å²) in [6.07, 6.45) is -2.78. The first-order valence-electron chi connectivity index (χ1n) is 16.9. The number of aryl methyl sites for hydroxylation is 1. The van der Waals surface area contributed by atoms with Gasteiger partial charge in [0, 0.05) is 11.4 Å². The molecule has 5 aromatic rings. The van der Waals surface area contributed by atoms with Crippen LogP contribution in [0.25, 0.3) is 0 Å². The third-order valence-electron chi connectivity index (χ3n) is 8.38. The topological polar surface area (TPSA) is 75.3 Å². The number of hydrogen-bond acceptors (Lipinski definition) is 7. The van der Waals surface area contributed by atoms with Gasteiger partial charge in [0.2, 0.25) is 0 Å². The lowest BCUT2D eigenvalue weighted by Gasteiger charge is -2.46. The van der Waals surface area contributed by atoms with Crippen molar-refractivity contribution in [2.75, 3.05) is 6.54 Å². The molecule has 0 aliphatic carbocycles. The summed E-state index contributed by atoms with van der Waals surface area (Å²) in [4.78, 5) is 14.0. The molecular weight excluding hydrogens is 647 g/mol. The van der Waals surface area contributed by atoms with E-state index in [9.17, 15) is 4.79 Å². The van der Waals surface area contributed by atoms with Gasteiger partial charge in [-0.3, -0.25) is 0 Å². The molecule has 8 heteroatoms. The number of amides is 1. The fraction of sp³-hybridized carbons (Fsp3) is 0.262. The number of carbonyl (C=O) groups is 1. The third kappa shape index (κ3) is 10.5. The van der Waals surface area contributed by atoms with Crippen molar-refractivity contribution in [3.05, 3.63) is 173 Å². The molecule has 0 radical (unpaired) electrons. The third-order valence-corrected chi connectivity index (χ3v) is 9.54. The molecule has 0 aromatic heterocycles. The van der Waals surface area contributed by atoms with Crippen LogP contribution < -0.4 is 5.32 Å². The fourth-order valence-corrected chi connectivity index (χ4v) is 6.84. The molecule has 258 valence electrons. The quantitative estimate of drug-likeness (QED) is 0.118. The van der Waals surface area contributed by atoms with E-state index in [4.69, 9.17) is 23.7 Å². The second-order valence-electron chi connectivity index (χ2n) is 12.2. The predicted octanol–water partition coefficient (Wildman–Crippen LogP) is 8.49. The number of thioether (sulfide) groups is 1. The highest BCUT2D eigenvalue weighted by Crippen LogP contribution is 2.38. The van der Waals surface area contributed by atoms with Crippen LogP contribution in [0.5, 0.6) is 0 Å². The van der Waals surface area contributed by atoms with Crippen LogP contribution in [-0.4, -0.2) is 42.5 Å². The molecular formula is C42H43NO6S. The molecule has 1 N–H and O–H groups in total. The van der Waals surface area contributed by atoms with E-state index in [0.717, 1.165) is 27.1 Å². The minimum atomic E-state index is -0.594. The Morgan fingerprint density at radius 3 is 1.52 bits per heavy atom. The number of hydrogen-bond donors (Lipinski definition) is 1. The van der Waals surface area contributed by atoms with Crippen LogP contribution in [-0.2, 0) is 50.1 Å². The summed E-state index contributed by atoms with van der Waals surface area (Å²) >= 11 is 1.58. The Morgan fingerprint density at radius 1 is 0.580 bits per heavy atom. The smallest absolute Gasteiger partial charge is 0.407 e. The number of ether oxygens (including phenoxy) is 5. The molecule has 0 saturated carbocycles. The first-order chi connectivity index (χ1) is 24.6. The molecule has 7 nitrogen and oxygen atoms in total. The number of carbonyl (C=O) groups excluding carboxylic acids is 1. The highest BCUT2D eigenvalue weighted by Gasteiger charge is 2.49. The average molecular weight is 690 g/mol. The van der Waals surface area contributed by atoms with Gasteiger partial charge in [0.15, 0.2) is 0 Å². The van der Waals surface area contributed by atoms with E-state index in [2.05, 4.69) is 36.5 Å². The zero-order chi connectivity index (χ0) is 34.4. The number of nitrogens with one attached hydrogen (secondary N) is 1. The van der Waals surface area contributed by atoms with Gasteiger partial charge < -0.3 is 29.0 Å². The zero-order valence-electron chi connectivity index (χ0n) is 28.1. The van der Waals surface area contributed by atoms with E-state index in [-0.39, 0.29) is 13.2 Å². The van der Waals surface area contributed by atoms with E-state index >= 15 is 0 Å². The maximum absolute atomic E-state index is 13.0. The molecule has 1 amide bonds. The molecule has 0 spiro atoms. The molecule has 6 rings (SSSR count). The number of alkyl carbamates (subject to hydrolysis) is 1. The Labute approximate surface area is 298 Å². The van der Waals surface area contributed by atoms with Crippen LogP contribution in [0, 0.1) is 6.92 Å². The molecule has 1 saturated heterocycles. The largest absolute Gasteiger partial charge is 0.445 e. The van der Waals surface area contributed by atoms with Crippen molar-refractivity contribution in [1.29, 1.82) is 0 Å². The van der Waals surface area contributed by atoms with Gasteiger partial charge in [-0.2, -0.15) is 0 Å². The normalized spacial score (nSPS) is 20.2. The molecule has 5 aromatic carbocycles. The van der Waals surface area contributed by atoms with Gasteiger partial charge in [-0.25, -0.2) is 4.79 Å². The van der Waals surface area contributed by atoms with E-state index < -0.39 is 35.9 Å². The van der Waals surface area contributed by atoms with Crippen molar-refractivity contribution in [3.63, 3.8) is 0 Å². The summed E-state index contributed by atoms with van der Waals surface area (Å²) in [5, 5.41) is 2.94. The average Bonchev–Trinajstić information content (AvgIpc) is 3.17. The lowest BCUT2D eigenvalue weighted by Crippen LogP contribution is -2.61. The van der Waals surface area contributed by atoms with Gasteiger partial charge in [0.1, 0.15) is 36.5 Å². The van der Waals surface area contributed by atoms with Gasteiger partial charge in [-0.05, 0) is 41.3 Å². The summed E-state index contributed by atoms with van der Waals surface area (Å²) < 4.78 is 32.7. The van der Waals surface area contributed by atoms with E-state index in [0.29, 0.717) is 19.8 Å². The van der Waals surface area contributed by atoms with E-state index in [1.807, 2.05) is 121 Å². The first-order valence-corrected chi connectivity index (χ1v) is 17.8. The fourth-order valence-electron chi connectivity index (χ4n) is 5.71. The van der Waals surface area contributed by atoms with Crippen molar-refractivity contribution < 1.29 is 28.5 Å². The monoisotopic (exact) mass is 689 g/mol. The maximum atomic E-state index is 13.0. The van der Waals surface area contributed by atoms with Crippen LogP contribution in [0.4, 0.5) is 4.79 Å². The lowest BCUT2D eigenvalue weighted by molar-refractivity contribution is -0.245. The Hall–Kier alpha value is -4.44. The van der Waals surface area contributed by atoms with Gasteiger partial charge >= 0.3 is 6.09 Å². The van der Waals surface area contributed by atoms with Crippen molar-refractivity contribution >= 4 is 17.9 Å². The molecule has 50 heavy (non-hydrogen) atoms. The van der Waals surface area contributed by atoms with Crippen LogP contribution in [0.2, 0.25) is 0 Å². The second-order valence-corrected chi connectivity index (χ2v) is 13.4. The standard InChI is InChI=1S/C42H43NO6S/c1-31-22-24-36(25-23-31)50-41-40(47-29-34-18-10-4-11-19-34)39(46-28-33-16-8-3-9-17-33)38(45-27-32-14-6-2-7-15-32)37(49-41)26-43-42(44)48-30-35-20-12-5-13-21-35/h2-25,37-41H,26-30H2,1H3,(H,43,44)/t37-,38-,39+,40-,41+/m1/s1. The lowest BCUT2D eigenvalue weighted by atomic mass is 9.98. The molecule has 1 fully saturated rings. The van der Waals surface area contributed by atoms with Crippen molar-refractivity contribution in [2.45, 2.75) is 68.1 Å². The van der Waals surface area contributed by atoms with Crippen molar-refractivity contribution in [2.24, 2.45) is 0 Å². The minimum Gasteiger partial charge on any atom is -0.445 e. The van der Waals surface area contributed by atoms with Gasteiger partial charge in [-0.1, -0.05) is 151 Å². The van der Waals surface area contributed by atoms with E-state index in [1.54, 1.807) is 11.8 Å². The number of rotatable bonds is 15. The van der Waals surface area contributed by atoms with Gasteiger partial charge in [-0.15, -0.1) is 0 Å². The second kappa shape index (κ2) is 18.5. The Kier molecular flexibility index (Phi) is 13.1. The number of benzene rings is 5. The van der Waals surface area contributed by atoms with Crippen LogP contribution in [0.15, 0.2) is 150 Å². The predicted molar refractivity (Wildman–Crippen MR) is 195 cm³/mol. The maximum Gasteiger partial charge on any atom is 0.407 e. The highest BCUT2D eigenvalue weighted by atomic mass is 32.2. The Bertz CT molecular complexity index is 1710. The molecule has 1 aliphatic heterocycles. The van der Waals surface area contributed by atoms with Crippen LogP contribution in [0.3, 0.4) is 0 Å². The summed E-state index contributed by atoms with van der Waals surface area (Å²) in [6.45, 7) is 3.42. The van der Waals surface area contributed by atoms with E-state index in [1.165, 1.54) is 5.56 Å². The first kappa shape index (κ1) is 35.4. The minimum absolute atomic E-state index is 0.147. The van der Waals surface area contributed by atoms with Crippen LogP contribution >= 0.6 is 11.8 Å². The Balaban J connectivity index is 1.29. The summed E-state index contributed by atoms with van der Waals surface area (Å²) in [6, 6.07) is 48.1. The summed E-state index contributed by atoms with van der Waals surface area (Å²) in [5.74, 6) is 0. The Morgan fingerprint density at radius 2 is 1.02 bits per heavy atom.